The third-order valence-corrected chi connectivity index (χ3v) is 19.4. The molecule has 2 fully saturated rings. The Hall–Kier alpha value is -12.0. The lowest BCUT2D eigenvalue weighted by Crippen LogP contribution is -2.53. The lowest BCUT2D eigenvalue weighted by Gasteiger charge is -2.36. The molecule has 6 atom stereocenters. The lowest BCUT2D eigenvalue weighted by atomic mass is 9.80. The lowest BCUT2D eigenvalue weighted by molar-refractivity contribution is -0.161. The number of benzene rings is 9. The molecule has 4 aliphatic rings. The van der Waals surface area contributed by atoms with E-state index in [2.05, 4.69) is 23.1 Å². The molecular formula is C82H62Cl2N4O16. The van der Waals surface area contributed by atoms with E-state index in [1.54, 1.807) is 146 Å². The molecule has 2 saturated carbocycles. The summed E-state index contributed by atoms with van der Waals surface area (Å²) in [6, 6.07) is 44.4. The van der Waals surface area contributed by atoms with Gasteiger partial charge in [0.2, 0.25) is 0 Å². The van der Waals surface area contributed by atoms with Crippen LogP contribution in [0.3, 0.4) is 0 Å². The second-order valence-corrected chi connectivity index (χ2v) is 26.7. The van der Waals surface area contributed by atoms with Crippen LogP contribution in [0.5, 0.6) is 46.0 Å². The Morgan fingerprint density at radius 2 is 0.654 bits per heavy atom. The predicted molar refractivity (Wildman–Crippen MR) is 385 cm³/mol. The van der Waals surface area contributed by atoms with Crippen LogP contribution in [0, 0.1) is 0 Å². The van der Waals surface area contributed by atoms with E-state index in [1.165, 1.54) is 49.1 Å². The predicted octanol–water partition coefficient (Wildman–Crippen LogP) is 16.4. The van der Waals surface area contributed by atoms with E-state index in [0.29, 0.717) is 72.6 Å². The van der Waals surface area contributed by atoms with Gasteiger partial charge in [0, 0.05) is 93.6 Å². The molecule has 20 nitrogen and oxygen atoms in total. The number of ether oxygens (including phenoxy) is 8. The van der Waals surface area contributed by atoms with Gasteiger partial charge in [-0.3, -0.25) is 38.9 Å². The first-order valence-electron chi connectivity index (χ1n) is 33.9. The fraction of sp³-hybridized carbons (Fsp3) is 0.195. The van der Waals surface area contributed by atoms with Gasteiger partial charge in [-0.15, -0.1) is 0 Å². The molecule has 0 radical (unpaired) electrons. The number of aromatic nitrogens is 2. The van der Waals surface area contributed by atoms with Gasteiger partial charge in [-0.2, -0.15) is 0 Å². The largest absolute Gasteiger partial charge is 0.461 e. The van der Waals surface area contributed by atoms with Crippen molar-refractivity contribution in [2.45, 2.75) is 101 Å². The first kappa shape index (κ1) is 67.8. The Balaban J connectivity index is 0.991. The number of rotatable bonds is 22. The van der Waals surface area contributed by atoms with Gasteiger partial charge < -0.3 is 37.9 Å². The summed E-state index contributed by atoms with van der Waals surface area (Å²) in [5.41, 5.74) is 0.725. The van der Waals surface area contributed by atoms with E-state index in [-0.39, 0.29) is 124 Å². The third-order valence-electron chi connectivity index (χ3n) is 19.1. The summed E-state index contributed by atoms with van der Waals surface area (Å²) in [5, 5.41) is 0.875. The number of hydrogen-bond donors (Lipinski definition) is 0. The number of carbonyl (C=O) groups excluding carboxylic acids is 8. The molecule has 0 bridgehead atoms. The number of para-hydroxylation sites is 4. The van der Waals surface area contributed by atoms with Crippen LogP contribution in [0.1, 0.15) is 104 Å². The highest BCUT2D eigenvalue weighted by atomic mass is 35.5. The summed E-state index contributed by atoms with van der Waals surface area (Å²) in [6.45, 7) is 6.98. The Morgan fingerprint density at radius 3 is 0.923 bits per heavy atom. The summed E-state index contributed by atoms with van der Waals surface area (Å²) in [5.74, 6) is -5.85. The summed E-state index contributed by atoms with van der Waals surface area (Å²) in [6.07, 6.45) is 5.52. The maximum atomic E-state index is 16.4. The number of hydrogen-bond acceptors (Lipinski definition) is 18. The van der Waals surface area contributed by atoms with Gasteiger partial charge in [0.25, 0.3) is 23.6 Å². The van der Waals surface area contributed by atoms with Gasteiger partial charge >= 0.3 is 23.9 Å². The van der Waals surface area contributed by atoms with Crippen LogP contribution in [0.15, 0.2) is 218 Å². The topological polar surface area (TPSA) is 243 Å². The molecule has 2 aromatic heterocycles. The molecule has 2 aliphatic carbocycles. The Kier molecular flexibility index (Phi) is 18.8. The van der Waals surface area contributed by atoms with E-state index >= 15 is 28.8 Å². The van der Waals surface area contributed by atoms with Gasteiger partial charge in [0.05, 0.1) is 22.3 Å². The van der Waals surface area contributed by atoms with Crippen molar-refractivity contribution in [2.75, 3.05) is 0 Å². The van der Waals surface area contributed by atoms with Gasteiger partial charge in [-0.05, 0) is 147 Å². The Morgan fingerprint density at radius 1 is 0.385 bits per heavy atom. The standard InChI is InChI=1S/C82H62Cl2N4O16/c1-45(83)79(93)101-53-25-15-27-55(39-53)103-81(95)61(37-47-29-33-85-34-30-47)87-75(89)57-41-63(97-49-17-7-3-8-18-49)69-71-65(99-51-21-11-5-12-22-51)43-59-68-60(78(92)88(77(59)91)62(38-48-31-35-86-36-32-48)82(96)104-56-28-16-26-54(40-56)102-80(94)46(2)84)44-66(100-52-23-13-6-14-24-52)72(74(68)71)70-64(98-50-19-9-4-10-20-50)42-58(76(87)90)67(57)73(69)70/h3-14,17-24,29-36,41-44,53-56,61-62H,1-2,15-16,25-28,37-40H2. The fourth-order valence-electron chi connectivity index (χ4n) is 14.5. The number of pyridine rings is 2. The summed E-state index contributed by atoms with van der Waals surface area (Å²) >= 11 is 11.8. The van der Waals surface area contributed by atoms with Crippen molar-refractivity contribution in [3.8, 4) is 46.0 Å². The summed E-state index contributed by atoms with van der Waals surface area (Å²) < 4.78 is 52.3. The third kappa shape index (κ3) is 13.2. The number of esters is 4. The van der Waals surface area contributed by atoms with Crippen LogP contribution >= 0.6 is 23.2 Å². The SMILES string of the molecule is C=C(Cl)C(=O)OC1CCCC(OC(=O)C(Cc2ccncc2)N2C(=O)c3cc(Oc4ccccc4)c4c5c(Oc6ccccc6)cc6c7c(cc(Oc8ccccc8)c(c8c(Oc9ccccc9)cc(c3c48)C2=O)c75)C(=O)N(C(Cc2ccncc2)C(=O)OC2CCCC(OC(=O)C(=C)Cl)C2)C6=O)C1. The summed E-state index contributed by atoms with van der Waals surface area (Å²) in [7, 11) is 0. The minimum atomic E-state index is -1.63. The first-order chi connectivity index (χ1) is 50.5. The van der Waals surface area contributed by atoms with Crippen molar-refractivity contribution in [3.63, 3.8) is 0 Å². The van der Waals surface area contributed by atoms with Crippen molar-refractivity contribution in [3.05, 3.63) is 251 Å². The second-order valence-electron chi connectivity index (χ2n) is 25.8. The zero-order valence-corrected chi connectivity index (χ0v) is 57.0. The second kappa shape index (κ2) is 28.8. The van der Waals surface area contributed by atoms with E-state index in [1.807, 2.05) is 0 Å². The van der Waals surface area contributed by atoms with E-state index in [9.17, 15) is 9.59 Å². The van der Waals surface area contributed by atoms with Gasteiger partial charge in [-0.25, -0.2) is 19.2 Å². The van der Waals surface area contributed by atoms with Crippen LogP contribution in [-0.4, -0.2) is 104 Å². The number of fused-ring (bicyclic) bond motifs is 2. The maximum absolute atomic E-state index is 16.4. The molecule has 0 N–H and O–H groups in total. The quantitative estimate of drug-likeness (QED) is 0.0153. The molecule has 11 aromatic rings. The van der Waals surface area contributed by atoms with Crippen LogP contribution in [0.2, 0.25) is 0 Å². The number of nitrogens with zero attached hydrogens (tertiary/aromatic N) is 4. The highest BCUT2D eigenvalue weighted by molar-refractivity contribution is 6.45. The van der Waals surface area contributed by atoms with Gasteiger partial charge in [0.1, 0.15) is 92.6 Å². The minimum absolute atomic E-state index is 0.0124. The minimum Gasteiger partial charge on any atom is -0.461 e. The van der Waals surface area contributed by atoms with Crippen molar-refractivity contribution >= 4 is 114 Å². The number of imide groups is 2. The number of halogens is 2. The highest BCUT2D eigenvalue weighted by Gasteiger charge is 2.48. The van der Waals surface area contributed by atoms with Crippen molar-refractivity contribution in [2.24, 2.45) is 0 Å². The first-order valence-corrected chi connectivity index (χ1v) is 34.6. The molecule has 104 heavy (non-hydrogen) atoms. The molecule has 6 unspecified atom stereocenters. The monoisotopic (exact) mass is 1430 g/mol. The molecule has 520 valence electrons. The molecule has 9 aromatic carbocycles. The van der Waals surface area contributed by atoms with E-state index in [0.717, 1.165) is 9.80 Å². The summed E-state index contributed by atoms with van der Waals surface area (Å²) in [4.78, 5) is 132. The molecule has 22 heteroatoms. The van der Waals surface area contributed by atoms with E-state index < -0.39 is 84.0 Å². The zero-order chi connectivity index (χ0) is 71.9. The maximum Gasteiger partial charge on any atom is 0.349 e. The smallest absolute Gasteiger partial charge is 0.349 e. The molecular weight excluding hydrogens is 1370 g/mol. The Bertz CT molecular complexity index is 4750. The van der Waals surface area contributed by atoms with E-state index in [4.69, 9.17) is 61.1 Å². The van der Waals surface area contributed by atoms with Crippen LogP contribution in [0.4, 0.5) is 0 Å². The van der Waals surface area contributed by atoms with Gasteiger partial charge in [0.15, 0.2) is 0 Å². The molecule has 0 saturated heterocycles. The molecule has 4 amide bonds. The Labute approximate surface area is 604 Å². The fourth-order valence-corrected chi connectivity index (χ4v) is 14.6. The average molecular weight is 1430 g/mol. The zero-order valence-electron chi connectivity index (χ0n) is 55.5. The molecule has 2 aliphatic heterocycles. The van der Waals surface area contributed by atoms with Crippen molar-refractivity contribution in [1.29, 1.82) is 0 Å². The molecule has 4 heterocycles. The van der Waals surface area contributed by atoms with Crippen molar-refractivity contribution < 1.29 is 76.3 Å². The molecule has 15 rings (SSSR count). The van der Waals surface area contributed by atoms with Crippen molar-refractivity contribution in [1.82, 2.24) is 19.8 Å². The average Bonchev–Trinajstić information content (AvgIpc) is 0.671. The van der Waals surface area contributed by atoms with Crippen LogP contribution in [0.25, 0.3) is 43.1 Å². The van der Waals surface area contributed by atoms with Crippen LogP contribution < -0.4 is 18.9 Å². The van der Waals surface area contributed by atoms with Gasteiger partial charge in [-0.1, -0.05) is 109 Å². The molecule has 0 spiro atoms. The highest BCUT2D eigenvalue weighted by Crippen LogP contribution is 2.58. The number of amides is 4. The normalized spacial score (nSPS) is 17.7. The van der Waals surface area contributed by atoms with Crippen LogP contribution in [-0.2, 0) is 51.0 Å². The number of carbonyl (C=O) groups is 8.